The van der Waals surface area contributed by atoms with Crippen LogP contribution in [-0.2, 0) is 19.2 Å². The second-order valence-corrected chi connectivity index (χ2v) is 12.8. The quantitative estimate of drug-likeness (QED) is 0.199. The van der Waals surface area contributed by atoms with Crippen LogP contribution in [0.25, 0.3) is 5.69 Å². The number of carboxylic acid groups (broad SMARTS) is 1. The van der Waals surface area contributed by atoms with Crippen molar-refractivity contribution in [2.75, 3.05) is 11.5 Å². The van der Waals surface area contributed by atoms with Gasteiger partial charge in [0, 0.05) is 16.0 Å². The minimum Gasteiger partial charge on any atom is -0.477 e. The zero-order chi connectivity index (χ0) is 28.6. The number of rotatable bonds is 8. The maximum absolute atomic E-state index is 13.2. The molecule has 2 aliphatic heterocycles. The van der Waals surface area contributed by atoms with E-state index in [0.29, 0.717) is 15.7 Å². The largest absolute Gasteiger partial charge is 0.477 e. The number of para-hydroxylation sites is 1. The lowest BCUT2D eigenvalue weighted by molar-refractivity contribution is -0.150. The van der Waals surface area contributed by atoms with Gasteiger partial charge < -0.3 is 21.0 Å². The van der Waals surface area contributed by atoms with Crippen molar-refractivity contribution in [2.24, 2.45) is 5.16 Å². The molecule has 1 fully saturated rings. The second kappa shape index (κ2) is 11.0. The Balaban J connectivity index is 1.36. The summed E-state index contributed by atoms with van der Waals surface area (Å²) in [6.45, 7) is 5.32. The molecule has 0 radical (unpaired) electrons. The van der Waals surface area contributed by atoms with Crippen molar-refractivity contribution in [3.63, 3.8) is 0 Å². The van der Waals surface area contributed by atoms with Crippen molar-refractivity contribution in [2.45, 2.75) is 42.8 Å². The molecule has 2 atom stereocenters. The third-order valence-corrected chi connectivity index (χ3v) is 8.89. The van der Waals surface area contributed by atoms with Crippen LogP contribution in [0.5, 0.6) is 0 Å². The van der Waals surface area contributed by atoms with Crippen LogP contribution in [0.15, 0.2) is 68.8 Å². The Morgan fingerprint density at radius 2 is 2.00 bits per heavy atom. The van der Waals surface area contributed by atoms with E-state index in [1.54, 1.807) is 43.1 Å². The second-order valence-electron chi connectivity index (χ2n) is 9.67. The predicted molar refractivity (Wildman–Crippen MR) is 153 cm³/mol. The van der Waals surface area contributed by atoms with Gasteiger partial charge in [-0.25, -0.2) is 14.5 Å². The maximum atomic E-state index is 13.2. The van der Waals surface area contributed by atoms with Crippen LogP contribution in [0.1, 0.15) is 26.5 Å². The number of anilines is 1. The van der Waals surface area contributed by atoms with E-state index in [9.17, 15) is 19.5 Å². The van der Waals surface area contributed by atoms with E-state index < -0.39 is 34.8 Å². The highest BCUT2D eigenvalue weighted by molar-refractivity contribution is 8.06. The van der Waals surface area contributed by atoms with Crippen molar-refractivity contribution in [3.05, 3.63) is 64.3 Å². The molecule has 1 saturated heterocycles. The molecule has 4 heterocycles. The van der Waals surface area contributed by atoms with Gasteiger partial charge in [-0.3, -0.25) is 14.5 Å². The van der Waals surface area contributed by atoms with Crippen LogP contribution in [0.4, 0.5) is 5.13 Å². The highest BCUT2D eigenvalue weighted by atomic mass is 32.2. The lowest BCUT2D eigenvalue weighted by Gasteiger charge is -2.49. The zero-order valence-electron chi connectivity index (χ0n) is 21.6. The topological polar surface area (TPSA) is 165 Å². The summed E-state index contributed by atoms with van der Waals surface area (Å²) in [5.41, 5.74) is 5.86. The fourth-order valence-electron chi connectivity index (χ4n) is 3.92. The number of aromatic nitrogens is 3. The number of aliphatic carboxylic acids is 1. The maximum Gasteiger partial charge on any atom is 0.353 e. The Bertz CT molecular complexity index is 1530. The number of nitrogens with two attached hydrogens (primary N) is 1. The van der Waals surface area contributed by atoms with E-state index >= 15 is 0 Å². The number of benzene rings is 1. The molecule has 0 spiro atoms. The van der Waals surface area contributed by atoms with Crippen LogP contribution < -0.4 is 11.1 Å². The SMILES string of the molecule is CC(C)(C)O/N=C(\C(=O)N[C@@H]1C(=O)N2C(C(=O)O)=C(Sc3ccnn3-c3ccccc3)CS[C@H]12)c1csc(N)n1. The summed E-state index contributed by atoms with van der Waals surface area (Å²) in [5, 5.41) is 23.0. The van der Waals surface area contributed by atoms with Gasteiger partial charge in [0.15, 0.2) is 10.8 Å². The Hall–Kier alpha value is -3.82. The predicted octanol–water partition coefficient (Wildman–Crippen LogP) is 2.92. The van der Waals surface area contributed by atoms with Gasteiger partial charge in [-0.15, -0.1) is 23.1 Å². The number of carbonyl (C=O) groups is 3. The summed E-state index contributed by atoms with van der Waals surface area (Å²) in [7, 11) is 0. The highest BCUT2D eigenvalue weighted by Gasteiger charge is 2.54. The number of thiazole rings is 1. The number of carbonyl (C=O) groups excluding carboxylic acids is 2. The van der Waals surface area contributed by atoms with Crippen molar-refractivity contribution < 1.29 is 24.3 Å². The normalized spacial score (nSPS) is 19.2. The van der Waals surface area contributed by atoms with Gasteiger partial charge in [-0.2, -0.15) is 5.10 Å². The van der Waals surface area contributed by atoms with E-state index in [1.807, 2.05) is 30.3 Å². The van der Waals surface area contributed by atoms with E-state index in [2.05, 4.69) is 20.6 Å². The van der Waals surface area contributed by atoms with Crippen molar-refractivity contribution in [3.8, 4) is 5.69 Å². The molecule has 2 aromatic heterocycles. The minimum atomic E-state index is -1.23. The summed E-state index contributed by atoms with van der Waals surface area (Å²) in [6, 6.07) is 10.3. The van der Waals surface area contributed by atoms with Gasteiger partial charge in [-0.1, -0.05) is 35.1 Å². The standard InChI is InChI=1S/C25H25N7O5S3/c1-25(2,3)37-30-17(14-11-39-24(26)28-14)20(33)29-18-21(34)31-19(23(35)36)15(12-38-22(18)31)40-16-9-10-27-32(16)13-7-5-4-6-8-13/h4-11,18,22H,12H2,1-3H3,(H2,26,28)(H,29,33)(H,35,36)/b30-17-/t18-,22-/m1/s1. The molecule has 0 saturated carbocycles. The lowest BCUT2D eigenvalue weighted by atomic mass is 10.0. The molecule has 12 nitrogen and oxygen atoms in total. The molecule has 40 heavy (non-hydrogen) atoms. The third kappa shape index (κ3) is 5.57. The molecule has 1 aromatic carbocycles. The van der Waals surface area contributed by atoms with Gasteiger partial charge in [-0.05, 0) is 39.0 Å². The summed E-state index contributed by atoms with van der Waals surface area (Å²) < 4.78 is 1.71. The molecule has 0 aliphatic carbocycles. The Morgan fingerprint density at radius 1 is 1.25 bits per heavy atom. The van der Waals surface area contributed by atoms with Gasteiger partial charge in [0.1, 0.15) is 33.4 Å². The number of oxime groups is 1. The first-order valence-electron chi connectivity index (χ1n) is 12.0. The average molecular weight is 600 g/mol. The minimum absolute atomic E-state index is 0.109. The lowest BCUT2D eigenvalue weighted by Crippen LogP contribution is -2.71. The van der Waals surface area contributed by atoms with E-state index in [-0.39, 0.29) is 22.2 Å². The molecular weight excluding hydrogens is 575 g/mol. The Morgan fingerprint density at radius 3 is 2.65 bits per heavy atom. The van der Waals surface area contributed by atoms with Crippen molar-refractivity contribution in [1.29, 1.82) is 0 Å². The molecule has 208 valence electrons. The molecule has 4 N–H and O–H groups in total. The number of nitrogens with one attached hydrogen (secondary N) is 1. The van der Waals surface area contributed by atoms with E-state index in [0.717, 1.165) is 17.0 Å². The van der Waals surface area contributed by atoms with Gasteiger partial charge in [0.05, 0.1) is 11.9 Å². The summed E-state index contributed by atoms with van der Waals surface area (Å²) in [5.74, 6) is -2.12. The number of amides is 2. The molecule has 0 bridgehead atoms. The third-order valence-electron chi connectivity index (χ3n) is 5.65. The molecule has 15 heteroatoms. The Kier molecular flexibility index (Phi) is 7.61. The fourth-order valence-corrected chi connectivity index (χ4v) is 7.00. The number of hydrogen-bond acceptors (Lipinski definition) is 11. The molecule has 2 aliphatic rings. The van der Waals surface area contributed by atoms with Crippen LogP contribution >= 0.6 is 34.9 Å². The van der Waals surface area contributed by atoms with Crippen LogP contribution in [0.2, 0.25) is 0 Å². The van der Waals surface area contributed by atoms with E-state index in [1.165, 1.54) is 28.4 Å². The molecule has 2 amide bonds. The number of nitrogen functional groups attached to an aromatic ring is 1. The fraction of sp³-hybridized carbons (Fsp3) is 0.280. The summed E-state index contributed by atoms with van der Waals surface area (Å²) in [6.07, 6.45) is 1.63. The van der Waals surface area contributed by atoms with Crippen molar-refractivity contribution in [1.82, 2.24) is 25.0 Å². The van der Waals surface area contributed by atoms with Crippen LogP contribution in [0, 0.1) is 0 Å². The number of thioether (sulfide) groups is 2. The van der Waals surface area contributed by atoms with Gasteiger partial charge in [0.25, 0.3) is 11.8 Å². The first kappa shape index (κ1) is 27.7. The molecule has 3 aromatic rings. The highest BCUT2D eigenvalue weighted by Crippen LogP contribution is 2.45. The molecule has 5 rings (SSSR count). The van der Waals surface area contributed by atoms with Crippen LogP contribution in [-0.4, -0.2) is 71.0 Å². The number of β-lactam (4-membered cyclic amide) rings is 1. The number of carboxylic acids is 1. The number of fused-ring (bicyclic) bond motifs is 1. The van der Waals surface area contributed by atoms with E-state index in [4.69, 9.17) is 10.6 Å². The first-order chi connectivity index (χ1) is 19.0. The zero-order valence-corrected chi connectivity index (χ0v) is 24.0. The average Bonchev–Trinajstić information content (AvgIpc) is 3.55. The van der Waals surface area contributed by atoms with Crippen LogP contribution in [0.3, 0.4) is 0 Å². The van der Waals surface area contributed by atoms with Crippen molar-refractivity contribution >= 4 is 63.5 Å². The summed E-state index contributed by atoms with van der Waals surface area (Å²) >= 11 is 3.74. The summed E-state index contributed by atoms with van der Waals surface area (Å²) in [4.78, 5) is 50.1. The number of hydrogen-bond donors (Lipinski definition) is 3. The monoisotopic (exact) mass is 599 g/mol. The smallest absolute Gasteiger partial charge is 0.353 e. The molecular formula is C25H25N7O5S3. The van der Waals surface area contributed by atoms with Gasteiger partial charge >= 0.3 is 5.97 Å². The first-order valence-corrected chi connectivity index (χ1v) is 14.7. The Labute approximate surface area is 241 Å². The molecule has 0 unspecified atom stereocenters. The number of nitrogens with zero attached hydrogens (tertiary/aromatic N) is 5. The van der Waals surface area contributed by atoms with Gasteiger partial charge in [0.2, 0.25) is 0 Å².